The van der Waals surface area contributed by atoms with Crippen LogP contribution in [-0.2, 0) is 4.79 Å². The predicted molar refractivity (Wildman–Crippen MR) is 98.0 cm³/mol. The van der Waals surface area contributed by atoms with Crippen molar-refractivity contribution in [2.24, 2.45) is 0 Å². The van der Waals surface area contributed by atoms with Crippen LogP contribution in [0.25, 0.3) is 17.4 Å². The molecule has 1 amide bonds. The zero-order valence-corrected chi connectivity index (χ0v) is 14.1. The van der Waals surface area contributed by atoms with Crippen LogP contribution in [0.15, 0.2) is 65.1 Å². The molecular formula is C21H14FNO4. The Morgan fingerprint density at radius 1 is 1.11 bits per heavy atom. The topological polar surface area (TPSA) is 68.5 Å². The first-order valence-electron chi connectivity index (χ1n) is 8.24. The zero-order valence-electron chi connectivity index (χ0n) is 14.1. The van der Waals surface area contributed by atoms with Crippen molar-refractivity contribution in [1.29, 1.82) is 0 Å². The molecule has 1 N–H and O–H groups in total. The molecule has 27 heavy (non-hydrogen) atoms. The summed E-state index contributed by atoms with van der Waals surface area (Å²) in [6, 6.07) is 14.4. The quantitative estimate of drug-likeness (QED) is 0.554. The van der Waals surface area contributed by atoms with Crippen LogP contribution in [0.1, 0.15) is 16.1 Å². The number of hydrogen-bond acceptors (Lipinski definition) is 4. The molecule has 0 fully saturated rings. The molecule has 3 aromatic rings. The van der Waals surface area contributed by atoms with E-state index in [9.17, 15) is 14.0 Å². The van der Waals surface area contributed by atoms with Crippen molar-refractivity contribution in [3.8, 4) is 17.1 Å². The number of halogens is 1. The lowest BCUT2D eigenvalue weighted by Gasteiger charge is -2.17. The van der Waals surface area contributed by atoms with Gasteiger partial charge in [-0.1, -0.05) is 12.1 Å². The van der Waals surface area contributed by atoms with Gasteiger partial charge < -0.3 is 14.5 Å². The van der Waals surface area contributed by atoms with Gasteiger partial charge in [-0.3, -0.25) is 9.59 Å². The number of fused-ring (bicyclic) bond motifs is 1. The highest BCUT2D eigenvalue weighted by molar-refractivity contribution is 6.08. The van der Waals surface area contributed by atoms with Crippen LogP contribution in [0.3, 0.4) is 0 Å². The van der Waals surface area contributed by atoms with Crippen LogP contribution in [0, 0.1) is 5.82 Å². The normalized spacial score (nSPS) is 13.1. The van der Waals surface area contributed by atoms with Gasteiger partial charge in [-0.05, 0) is 54.6 Å². The number of nitrogens with one attached hydrogen (secondary N) is 1. The van der Waals surface area contributed by atoms with Gasteiger partial charge in [-0.25, -0.2) is 4.39 Å². The minimum Gasteiger partial charge on any atom is -0.482 e. The molecule has 0 radical (unpaired) electrons. The fraction of sp³-hybridized carbons (Fsp3) is 0.0476. The second kappa shape index (κ2) is 6.92. The van der Waals surface area contributed by atoms with Crippen LogP contribution in [0.4, 0.5) is 10.1 Å². The molecular weight excluding hydrogens is 349 g/mol. The van der Waals surface area contributed by atoms with Crippen molar-refractivity contribution < 1.29 is 23.1 Å². The third kappa shape index (κ3) is 3.50. The van der Waals surface area contributed by atoms with E-state index in [-0.39, 0.29) is 24.1 Å². The van der Waals surface area contributed by atoms with Gasteiger partial charge in [0.05, 0.1) is 11.3 Å². The number of allylic oxidation sites excluding steroid dienone is 1. The third-order valence-corrected chi connectivity index (χ3v) is 4.06. The summed E-state index contributed by atoms with van der Waals surface area (Å²) in [6.07, 6.45) is 2.87. The fourth-order valence-corrected chi connectivity index (χ4v) is 2.74. The number of ketones is 1. The number of amides is 1. The van der Waals surface area contributed by atoms with Crippen molar-refractivity contribution in [2.75, 3.05) is 11.9 Å². The minimum absolute atomic E-state index is 0.0387. The second-order valence-corrected chi connectivity index (χ2v) is 5.93. The Morgan fingerprint density at radius 2 is 1.96 bits per heavy atom. The van der Waals surface area contributed by atoms with E-state index < -0.39 is 0 Å². The summed E-state index contributed by atoms with van der Waals surface area (Å²) in [6.45, 7) is -0.0387. The van der Waals surface area contributed by atoms with E-state index in [1.807, 2.05) is 0 Å². The van der Waals surface area contributed by atoms with Crippen molar-refractivity contribution in [3.63, 3.8) is 0 Å². The van der Waals surface area contributed by atoms with Crippen molar-refractivity contribution in [2.45, 2.75) is 0 Å². The number of furan rings is 1. The zero-order chi connectivity index (χ0) is 18.8. The van der Waals surface area contributed by atoms with E-state index in [2.05, 4.69) is 5.32 Å². The number of rotatable bonds is 4. The molecule has 2 aromatic carbocycles. The van der Waals surface area contributed by atoms with Gasteiger partial charge in [0.1, 0.15) is 23.1 Å². The van der Waals surface area contributed by atoms with E-state index in [4.69, 9.17) is 9.15 Å². The molecule has 0 aliphatic carbocycles. The van der Waals surface area contributed by atoms with E-state index in [1.54, 1.807) is 48.5 Å². The maximum absolute atomic E-state index is 13.8. The predicted octanol–water partition coefficient (Wildman–Crippen LogP) is 4.31. The van der Waals surface area contributed by atoms with E-state index >= 15 is 0 Å². The van der Waals surface area contributed by atoms with Gasteiger partial charge in [0.25, 0.3) is 5.91 Å². The summed E-state index contributed by atoms with van der Waals surface area (Å²) in [5.74, 6) is 0.429. The van der Waals surface area contributed by atoms with Crippen LogP contribution in [-0.4, -0.2) is 18.3 Å². The highest BCUT2D eigenvalue weighted by atomic mass is 19.1. The molecule has 0 saturated carbocycles. The Kier molecular flexibility index (Phi) is 4.30. The van der Waals surface area contributed by atoms with Gasteiger partial charge in [0.2, 0.25) is 0 Å². The molecule has 1 aliphatic heterocycles. The van der Waals surface area contributed by atoms with Crippen LogP contribution >= 0.6 is 0 Å². The molecule has 4 rings (SSSR count). The molecule has 134 valence electrons. The molecule has 0 bridgehead atoms. The van der Waals surface area contributed by atoms with Gasteiger partial charge in [0.15, 0.2) is 12.4 Å². The molecule has 0 atom stereocenters. The second-order valence-electron chi connectivity index (χ2n) is 5.93. The number of carbonyl (C=O) groups is 2. The summed E-state index contributed by atoms with van der Waals surface area (Å²) in [5.41, 5.74) is 1.22. The first-order chi connectivity index (χ1) is 13.1. The lowest BCUT2D eigenvalue weighted by atomic mass is 10.1. The van der Waals surface area contributed by atoms with Crippen molar-refractivity contribution in [3.05, 3.63) is 77.8 Å². The van der Waals surface area contributed by atoms with Crippen LogP contribution in [0.5, 0.6) is 5.75 Å². The molecule has 0 saturated heterocycles. The molecule has 1 aromatic heterocycles. The number of benzene rings is 2. The number of hydrogen-bond donors (Lipinski definition) is 1. The van der Waals surface area contributed by atoms with Crippen molar-refractivity contribution in [1.82, 2.24) is 0 Å². The SMILES string of the molecule is O=C1COc2ccc(C(=O)C=Cc3ccc(-c4ccccc4F)o3)cc2N1. The molecule has 0 unspecified atom stereocenters. The summed E-state index contributed by atoms with van der Waals surface area (Å²) < 4.78 is 24.7. The third-order valence-electron chi connectivity index (χ3n) is 4.06. The summed E-state index contributed by atoms with van der Waals surface area (Å²) >= 11 is 0. The van der Waals surface area contributed by atoms with Gasteiger partial charge >= 0.3 is 0 Å². The summed E-state index contributed by atoms with van der Waals surface area (Å²) in [4.78, 5) is 23.8. The minimum atomic E-state index is -0.378. The molecule has 2 heterocycles. The van der Waals surface area contributed by atoms with Gasteiger partial charge in [-0.2, -0.15) is 0 Å². The molecule has 5 nitrogen and oxygen atoms in total. The average molecular weight is 363 g/mol. The Balaban J connectivity index is 1.52. The Hall–Kier alpha value is -3.67. The summed E-state index contributed by atoms with van der Waals surface area (Å²) in [5, 5.41) is 2.66. The maximum atomic E-state index is 13.8. The average Bonchev–Trinajstić information content (AvgIpc) is 3.14. The van der Waals surface area contributed by atoms with Crippen molar-refractivity contribution >= 4 is 23.5 Å². The largest absolute Gasteiger partial charge is 0.482 e. The van der Waals surface area contributed by atoms with Gasteiger partial charge in [-0.15, -0.1) is 0 Å². The first kappa shape index (κ1) is 16.8. The smallest absolute Gasteiger partial charge is 0.262 e. The molecule has 6 heteroatoms. The highest BCUT2D eigenvalue weighted by Gasteiger charge is 2.17. The van der Waals surface area contributed by atoms with E-state index in [0.717, 1.165) is 0 Å². The lowest BCUT2D eigenvalue weighted by molar-refractivity contribution is -0.118. The Bertz CT molecular complexity index is 1070. The monoisotopic (exact) mass is 363 g/mol. The van der Waals surface area contributed by atoms with Crippen LogP contribution in [0.2, 0.25) is 0 Å². The highest BCUT2D eigenvalue weighted by Crippen LogP contribution is 2.29. The van der Waals surface area contributed by atoms with E-state index in [1.165, 1.54) is 18.2 Å². The molecule has 1 aliphatic rings. The first-order valence-corrected chi connectivity index (χ1v) is 8.24. The van der Waals surface area contributed by atoms with Gasteiger partial charge in [0, 0.05) is 5.56 Å². The lowest BCUT2D eigenvalue weighted by Crippen LogP contribution is -2.25. The fourth-order valence-electron chi connectivity index (χ4n) is 2.74. The number of ether oxygens (including phenoxy) is 1. The number of anilines is 1. The number of carbonyl (C=O) groups excluding carboxylic acids is 2. The maximum Gasteiger partial charge on any atom is 0.262 e. The standard InChI is InChI=1S/C21H14FNO4/c22-16-4-2-1-3-15(16)19-10-7-14(27-19)6-8-18(24)13-5-9-20-17(11-13)23-21(25)12-26-20/h1-11H,12H2,(H,23,25). The Morgan fingerprint density at radius 3 is 2.81 bits per heavy atom. The van der Waals surface area contributed by atoms with Crippen LogP contribution < -0.4 is 10.1 Å². The Labute approximate surface area is 154 Å². The summed E-state index contributed by atoms with van der Waals surface area (Å²) in [7, 11) is 0. The van der Waals surface area contributed by atoms with E-state index in [0.29, 0.717) is 34.1 Å². The molecule has 0 spiro atoms.